The van der Waals surface area contributed by atoms with Crippen LogP contribution in [0.3, 0.4) is 0 Å². The molecule has 146 valence electrons. The summed E-state index contributed by atoms with van der Waals surface area (Å²) in [6.07, 6.45) is 3.24. The van der Waals surface area contributed by atoms with Crippen LogP contribution in [-0.4, -0.2) is 9.55 Å². The van der Waals surface area contributed by atoms with Gasteiger partial charge in [0.15, 0.2) is 5.16 Å². The van der Waals surface area contributed by atoms with E-state index in [0.717, 1.165) is 39.7 Å². The van der Waals surface area contributed by atoms with Gasteiger partial charge in [-0.3, -0.25) is 9.36 Å². The summed E-state index contributed by atoms with van der Waals surface area (Å²) in [5.74, 6) is 1.41. The lowest BCUT2D eigenvalue weighted by Crippen LogP contribution is -2.22. The summed E-state index contributed by atoms with van der Waals surface area (Å²) in [6, 6.07) is 20.2. The van der Waals surface area contributed by atoms with Crippen molar-refractivity contribution in [2.45, 2.75) is 37.1 Å². The molecule has 5 rings (SSSR count). The lowest BCUT2D eigenvalue weighted by atomic mass is 9.89. The topological polar surface area (TPSA) is 34.9 Å². The quantitative estimate of drug-likeness (QED) is 0.307. The maximum atomic E-state index is 13.7. The van der Waals surface area contributed by atoms with Gasteiger partial charge in [-0.15, -0.1) is 11.3 Å². The zero-order valence-electron chi connectivity index (χ0n) is 16.3. The third-order valence-electron chi connectivity index (χ3n) is 5.52. The number of rotatable bonds is 4. The smallest absolute Gasteiger partial charge is 0.267 e. The molecule has 0 bridgehead atoms. The fourth-order valence-corrected chi connectivity index (χ4v) is 6.23. The second-order valence-corrected chi connectivity index (χ2v) is 9.70. The number of thiophene rings is 1. The first-order valence-electron chi connectivity index (χ1n) is 10.00. The molecular weight excluding hydrogens is 396 g/mol. The summed E-state index contributed by atoms with van der Waals surface area (Å²) >= 11 is 3.35. The highest BCUT2D eigenvalue weighted by Crippen LogP contribution is 2.37. The molecule has 1 aliphatic rings. The molecule has 5 heteroatoms. The summed E-state index contributed by atoms with van der Waals surface area (Å²) in [5.41, 5.74) is 3.42. The zero-order valence-corrected chi connectivity index (χ0v) is 17.9. The molecule has 1 unspecified atom stereocenters. The number of fused-ring (bicyclic) bond motifs is 3. The first-order valence-corrected chi connectivity index (χ1v) is 11.8. The van der Waals surface area contributed by atoms with E-state index in [1.54, 1.807) is 23.1 Å². The number of nitrogens with zero attached hydrogens (tertiary/aromatic N) is 2. The van der Waals surface area contributed by atoms with Gasteiger partial charge in [0, 0.05) is 10.6 Å². The molecule has 2 heterocycles. The maximum absolute atomic E-state index is 13.7. The van der Waals surface area contributed by atoms with E-state index in [-0.39, 0.29) is 5.56 Å². The predicted octanol–water partition coefficient (Wildman–Crippen LogP) is 5.86. The lowest BCUT2D eigenvalue weighted by molar-refractivity contribution is 0.508. The SMILES string of the molecule is CC1CCc2sc3nc(SCc4ccccc4)n(-c4ccccc4)c(=O)c3c2C1. The number of hydrogen-bond donors (Lipinski definition) is 0. The third kappa shape index (κ3) is 3.53. The summed E-state index contributed by atoms with van der Waals surface area (Å²) < 4.78 is 1.81. The minimum absolute atomic E-state index is 0.0726. The Labute approximate surface area is 178 Å². The standard InChI is InChI=1S/C24H22N2OS2/c1-16-12-13-20-19(14-16)21-22(29-20)25-24(28-15-17-8-4-2-5-9-17)26(23(21)27)18-10-6-3-7-11-18/h2-11,16H,12-15H2,1H3. The van der Waals surface area contributed by atoms with Crippen molar-refractivity contribution in [3.8, 4) is 5.69 Å². The molecule has 0 fully saturated rings. The summed E-state index contributed by atoms with van der Waals surface area (Å²) in [6.45, 7) is 2.28. The van der Waals surface area contributed by atoms with E-state index in [9.17, 15) is 4.79 Å². The predicted molar refractivity (Wildman–Crippen MR) is 122 cm³/mol. The molecule has 0 amide bonds. The van der Waals surface area contributed by atoms with Crippen LogP contribution < -0.4 is 5.56 Å². The first kappa shape index (κ1) is 18.6. The van der Waals surface area contributed by atoms with Gasteiger partial charge in [0.2, 0.25) is 0 Å². The Morgan fingerprint density at radius 2 is 1.83 bits per heavy atom. The summed E-state index contributed by atoms with van der Waals surface area (Å²) in [5, 5.41) is 1.61. The molecule has 1 aliphatic carbocycles. The van der Waals surface area contributed by atoms with Gasteiger partial charge in [0.05, 0.1) is 11.1 Å². The van der Waals surface area contributed by atoms with Gasteiger partial charge < -0.3 is 0 Å². The van der Waals surface area contributed by atoms with Crippen molar-refractivity contribution in [3.05, 3.63) is 87.0 Å². The molecule has 0 aliphatic heterocycles. The van der Waals surface area contributed by atoms with Crippen LogP contribution in [0.1, 0.15) is 29.3 Å². The van der Waals surface area contributed by atoms with Crippen LogP contribution in [0.15, 0.2) is 70.6 Å². The van der Waals surface area contributed by atoms with Crippen molar-refractivity contribution >= 4 is 33.3 Å². The Kier molecular flexibility index (Phi) is 5.02. The van der Waals surface area contributed by atoms with Gasteiger partial charge in [0.1, 0.15) is 4.83 Å². The molecule has 3 nitrogen and oxygen atoms in total. The zero-order chi connectivity index (χ0) is 19.8. The summed E-state index contributed by atoms with van der Waals surface area (Å²) in [4.78, 5) is 21.0. The van der Waals surface area contributed by atoms with Crippen LogP contribution in [0.5, 0.6) is 0 Å². The molecule has 4 aromatic rings. The van der Waals surface area contributed by atoms with E-state index in [2.05, 4.69) is 19.1 Å². The largest absolute Gasteiger partial charge is 0.268 e. The van der Waals surface area contributed by atoms with Gasteiger partial charge in [-0.2, -0.15) is 0 Å². The minimum Gasteiger partial charge on any atom is -0.268 e. The number of aryl methyl sites for hydroxylation is 1. The molecule has 2 aromatic carbocycles. The number of benzene rings is 2. The Morgan fingerprint density at radius 1 is 1.10 bits per heavy atom. The highest BCUT2D eigenvalue weighted by atomic mass is 32.2. The van der Waals surface area contributed by atoms with E-state index in [0.29, 0.717) is 5.92 Å². The van der Waals surface area contributed by atoms with Crippen molar-refractivity contribution in [2.75, 3.05) is 0 Å². The highest BCUT2D eigenvalue weighted by molar-refractivity contribution is 7.98. The minimum atomic E-state index is 0.0726. The molecule has 2 aromatic heterocycles. The van der Waals surface area contributed by atoms with E-state index in [1.807, 2.05) is 53.1 Å². The number of thioether (sulfide) groups is 1. The highest BCUT2D eigenvalue weighted by Gasteiger charge is 2.25. The van der Waals surface area contributed by atoms with Crippen molar-refractivity contribution < 1.29 is 0 Å². The summed E-state index contributed by atoms with van der Waals surface area (Å²) in [7, 11) is 0. The molecule has 29 heavy (non-hydrogen) atoms. The molecule has 0 radical (unpaired) electrons. The van der Waals surface area contributed by atoms with Crippen molar-refractivity contribution in [1.82, 2.24) is 9.55 Å². The van der Waals surface area contributed by atoms with Crippen molar-refractivity contribution in [1.29, 1.82) is 0 Å². The van der Waals surface area contributed by atoms with Gasteiger partial charge in [-0.05, 0) is 48.4 Å². The van der Waals surface area contributed by atoms with Crippen molar-refractivity contribution in [3.63, 3.8) is 0 Å². The van der Waals surface area contributed by atoms with Crippen LogP contribution in [0.4, 0.5) is 0 Å². The number of hydrogen-bond acceptors (Lipinski definition) is 4. The monoisotopic (exact) mass is 418 g/mol. The van der Waals surface area contributed by atoms with E-state index in [4.69, 9.17) is 4.98 Å². The fourth-order valence-electron chi connectivity index (χ4n) is 4.00. The second-order valence-electron chi connectivity index (χ2n) is 7.68. The normalized spacial score (nSPS) is 16.1. The van der Waals surface area contributed by atoms with Crippen LogP contribution in [0.25, 0.3) is 15.9 Å². The Balaban J connectivity index is 1.68. The molecule has 0 saturated carbocycles. The van der Waals surface area contributed by atoms with Crippen LogP contribution in [-0.2, 0) is 18.6 Å². The van der Waals surface area contributed by atoms with Gasteiger partial charge in [0.25, 0.3) is 5.56 Å². The molecule has 1 atom stereocenters. The Bertz CT molecular complexity index is 1210. The Morgan fingerprint density at radius 3 is 2.59 bits per heavy atom. The van der Waals surface area contributed by atoms with Crippen LogP contribution in [0.2, 0.25) is 0 Å². The van der Waals surface area contributed by atoms with Crippen LogP contribution >= 0.6 is 23.1 Å². The third-order valence-corrected chi connectivity index (χ3v) is 7.71. The lowest BCUT2D eigenvalue weighted by Gasteiger charge is -2.18. The van der Waals surface area contributed by atoms with Gasteiger partial charge in [-0.25, -0.2) is 4.98 Å². The molecule has 0 saturated heterocycles. The molecule has 0 spiro atoms. The average Bonchev–Trinajstić information content (AvgIpc) is 3.11. The van der Waals surface area contributed by atoms with Gasteiger partial charge >= 0.3 is 0 Å². The van der Waals surface area contributed by atoms with Gasteiger partial charge in [-0.1, -0.05) is 67.2 Å². The molecule has 0 N–H and O–H groups in total. The average molecular weight is 419 g/mol. The van der Waals surface area contributed by atoms with E-state index in [1.165, 1.54) is 22.4 Å². The number of aromatic nitrogens is 2. The second kappa shape index (κ2) is 7.81. The van der Waals surface area contributed by atoms with E-state index >= 15 is 0 Å². The molecular formula is C24H22N2OS2. The van der Waals surface area contributed by atoms with Crippen LogP contribution in [0, 0.1) is 5.92 Å². The van der Waals surface area contributed by atoms with Crippen molar-refractivity contribution in [2.24, 2.45) is 5.92 Å². The Hall–Kier alpha value is -2.37. The maximum Gasteiger partial charge on any atom is 0.267 e. The first-order chi connectivity index (χ1) is 14.2. The number of para-hydroxylation sites is 1. The van der Waals surface area contributed by atoms with E-state index < -0.39 is 0 Å². The fraction of sp³-hybridized carbons (Fsp3) is 0.250.